The van der Waals surface area contributed by atoms with Crippen LogP contribution in [0.2, 0.25) is 0 Å². The number of anilines is 1. The van der Waals surface area contributed by atoms with Crippen molar-refractivity contribution in [3.05, 3.63) is 53.6 Å². The average molecular weight is 410 g/mol. The Morgan fingerprint density at radius 1 is 1.03 bits per heavy atom. The molecule has 1 fully saturated rings. The van der Waals surface area contributed by atoms with Crippen LogP contribution in [0.4, 0.5) is 5.69 Å². The summed E-state index contributed by atoms with van der Waals surface area (Å²) in [5, 5.41) is 0. The molecule has 0 spiro atoms. The molecule has 0 radical (unpaired) electrons. The molecule has 0 N–H and O–H groups in total. The van der Waals surface area contributed by atoms with Crippen LogP contribution in [0.1, 0.15) is 11.1 Å². The van der Waals surface area contributed by atoms with E-state index in [-0.39, 0.29) is 25.0 Å². The van der Waals surface area contributed by atoms with Gasteiger partial charge in [-0.05, 0) is 37.1 Å². The van der Waals surface area contributed by atoms with Crippen molar-refractivity contribution in [3.8, 4) is 11.5 Å². The van der Waals surface area contributed by atoms with E-state index in [0.717, 1.165) is 11.1 Å². The number of aryl methyl sites for hydroxylation is 2. The van der Waals surface area contributed by atoms with E-state index in [1.807, 2.05) is 50.2 Å². The number of nitrogens with zero attached hydrogens (tertiary/aromatic N) is 2. The van der Waals surface area contributed by atoms with E-state index in [2.05, 4.69) is 0 Å². The zero-order chi connectivity index (χ0) is 21.1. The standard InChI is InChI=1S/C23H26N2O5/c1-16-6-5-7-17(2)22(16)29-15-21(26)25-14-20(23(27)24-10-12-28-13-11-24)30-19-9-4-3-8-18(19)25/h3-9,20H,10-15H2,1-2H3/t20-/m0/s1. The Kier molecular flexibility index (Phi) is 5.90. The Morgan fingerprint density at radius 3 is 2.47 bits per heavy atom. The lowest BCUT2D eigenvalue weighted by atomic mass is 10.1. The molecule has 2 amide bonds. The maximum absolute atomic E-state index is 13.1. The monoisotopic (exact) mass is 410 g/mol. The lowest BCUT2D eigenvalue weighted by Crippen LogP contribution is -2.54. The molecule has 0 aliphatic carbocycles. The maximum Gasteiger partial charge on any atom is 0.265 e. The SMILES string of the molecule is Cc1cccc(C)c1OCC(=O)N1C[C@@H](C(=O)N2CCOCC2)Oc2ccccc21. The molecule has 2 aliphatic heterocycles. The Morgan fingerprint density at radius 2 is 1.73 bits per heavy atom. The van der Waals surface area contributed by atoms with Crippen molar-refractivity contribution in [3.63, 3.8) is 0 Å². The second kappa shape index (κ2) is 8.75. The van der Waals surface area contributed by atoms with Crippen molar-refractivity contribution in [2.24, 2.45) is 0 Å². The highest BCUT2D eigenvalue weighted by Gasteiger charge is 2.36. The summed E-state index contributed by atoms with van der Waals surface area (Å²) in [6.07, 6.45) is -0.748. The molecular weight excluding hydrogens is 384 g/mol. The van der Waals surface area contributed by atoms with Gasteiger partial charge in [0.25, 0.3) is 11.8 Å². The van der Waals surface area contributed by atoms with Gasteiger partial charge in [-0.25, -0.2) is 0 Å². The molecule has 0 aromatic heterocycles. The van der Waals surface area contributed by atoms with Gasteiger partial charge in [-0.2, -0.15) is 0 Å². The molecule has 1 atom stereocenters. The minimum absolute atomic E-state index is 0.113. The van der Waals surface area contributed by atoms with E-state index in [4.69, 9.17) is 14.2 Å². The van der Waals surface area contributed by atoms with Crippen LogP contribution in [0.25, 0.3) is 0 Å². The number of hydrogen-bond acceptors (Lipinski definition) is 5. The van der Waals surface area contributed by atoms with Gasteiger partial charge in [0, 0.05) is 13.1 Å². The van der Waals surface area contributed by atoms with Crippen LogP contribution in [0.5, 0.6) is 11.5 Å². The Hall–Kier alpha value is -3.06. The largest absolute Gasteiger partial charge is 0.483 e. The molecular formula is C23H26N2O5. The van der Waals surface area contributed by atoms with Gasteiger partial charge < -0.3 is 24.0 Å². The van der Waals surface area contributed by atoms with Crippen LogP contribution in [0.15, 0.2) is 42.5 Å². The molecule has 0 saturated carbocycles. The summed E-state index contributed by atoms with van der Waals surface area (Å²) >= 11 is 0. The van der Waals surface area contributed by atoms with Crippen LogP contribution >= 0.6 is 0 Å². The van der Waals surface area contributed by atoms with Crippen molar-refractivity contribution >= 4 is 17.5 Å². The van der Waals surface area contributed by atoms with E-state index in [1.54, 1.807) is 15.9 Å². The quantitative estimate of drug-likeness (QED) is 0.774. The summed E-state index contributed by atoms with van der Waals surface area (Å²) in [4.78, 5) is 29.4. The number of fused-ring (bicyclic) bond motifs is 1. The van der Waals surface area contributed by atoms with Crippen LogP contribution in [0, 0.1) is 13.8 Å². The first kappa shape index (κ1) is 20.2. The molecule has 0 bridgehead atoms. The first-order valence-electron chi connectivity index (χ1n) is 10.2. The number of amides is 2. The van der Waals surface area contributed by atoms with Crippen molar-refractivity contribution in [1.29, 1.82) is 0 Å². The molecule has 0 unspecified atom stereocenters. The van der Waals surface area contributed by atoms with Crippen molar-refractivity contribution < 1.29 is 23.8 Å². The van der Waals surface area contributed by atoms with E-state index >= 15 is 0 Å². The average Bonchev–Trinajstić information content (AvgIpc) is 2.78. The van der Waals surface area contributed by atoms with Crippen molar-refractivity contribution in [2.75, 3.05) is 44.4 Å². The van der Waals surface area contributed by atoms with E-state index in [0.29, 0.717) is 43.5 Å². The number of rotatable bonds is 4. The van der Waals surface area contributed by atoms with Gasteiger partial charge >= 0.3 is 0 Å². The molecule has 4 rings (SSSR count). The van der Waals surface area contributed by atoms with Crippen LogP contribution in [-0.4, -0.2) is 62.3 Å². The first-order valence-corrected chi connectivity index (χ1v) is 10.2. The van der Waals surface area contributed by atoms with Gasteiger partial charge in [0.2, 0.25) is 0 Å². The number of morpholine rings is 1. The smallest absolute Gasteiger partial charge is 0.265 e. The second-order valence-electron chi connectivity index (χ2n) is 7.53. The van der Waals surface area contributed by atoms with Gasteiger partial charge in [0.05, 0.1) is 25.4 Å². The lowest BCUT2D eigenvalue weighted by molar-refractivity contribution is -0.142. The van der Waals surface area contributed by atoms with Gasteiger partial charge in [-0.3, -0.25) is 9.59 Å². The molecule has 2 aromatic rings. The van der Waals surface area contributed by atoms with Gasteiger partial charge in [-0.1, -0.05) is 30.3 Å². The normalized spacial score (nSPS) is 18.4. The topological polar surface area (TPSA) is 68.3 Å². The molecule has 2 heterocycles. The number of benzene rings is 2. The highest BCUT2D eigenvalue weighted by Crippen LogP contribution is 2.34. The summed E-state index contributed by atoms with van der Waals surface area (Å²) in [5.74, 6) is 0.901. The molecule has 7 heteroatoms. The molecule has 2 aromatic carbocycles. The number of para-hydroxylation sites is 3. The highest BCUT2D eigenvalue weighted by atomic mass is 16.5. The Bertz CT molecular complexity index is 919. The zero-order valence-electron chi connectivity index (χ0n) is 17.3. The summed E-state index contributed by atoms with van der Waals surface area (Å²) in [6, 6.07) is 13.1. The minimum atomic E-state index is -0.748. The first-order chi connectivity index (χ1) is 14.5. The third-order valence-electron chi connectivity index (χ3n) is 5.42. The molecule has 30 heavy (non-hydrogen) atoms. The van der Waals surface area contributed by atoms with Gasteiger partial charge in [0.15, 0.2) is 12.7 Å². The van der Waals surface area contributed by atoms with Crippen LogP contribution in [-0.2, 0) is 14.3 Å². The third-order valence-corrected chi connectivity index (χ3v) is 5.42. The number of carbonyl (C=O) groups is 2. The van der Waals surface area contributed by atoms with E-state index < -0.39 is 6.10 Å². The highest BCUT2D eigenvalue weighted by molar-refractivity contribution is 5.98. The summed E-state index contributed by atoms with van der Waals surface area (Å²) in [6.45, 7) is 6.04. The predicted octanol–water partition coefficient (Wildman–Crippen LogP) is 2.34. The van der Waals surface area contributed by atoms with Crippen molar-refractivity contribution in [1.82, 2.24) is 4.90 Å². The molecule has 2 aliphatic rings. The second-order valence-corrected chi connectivity index (χ2v) is 7.53. The Balaban J connectivity index is 1.52. The third kappa shape index (κ3) is 4.11. The summed E-state index contributed by atoms with van der Waals surface area (Å²) in [5.41, 5.74) is 2.61. The number of ether oxygens (including phenoxy) is 3. The fraction of sp³-hybridized carbons (Fsp3) is 0.391. The number of hydrogen-bond donors (Lipinski definition) is 0. The summed E-state index contributed by atoms with van der Waals surface area (Å²) < 4.78 is 17.2. The minimum Gasteiger partial charge on any atom is -0.483 e. The fourth-order valence-corrected chi connectivity index (χ4v) is 3.83. The molecule has 158 valence electrons. The van der Waals surface area contributed by atoms with Crippen LogP contribution in [0.3, 0.4) is 0 Å². The molecule has 7 nitrogen and oxygen atoms in total. The molecule has 1 saturated heterocycles. The predicted molar refractivity (Wildman–Crippen MR) is 112 cm³/mol. The number of carbonyl (C=O) groups excluding carboxylic acids is 2. The lowest BCUT2D eigenvalue weighted by Gasteiger charge is -2.37. The van der Waals surface area contributed by atoms with Gasteiger partial charge in [-0.15, -0.1) is 0 Å². The van der Waals surface area contributed by atoms with E-state index in [9.17, 15) is 9.59 Å². The summed E-state index contributed by atoms with van der Waals surface area (Å²) in [7, 11) is 0. The van der Waals surface area contributed by atoms with E-state index in [1.165, 1.54) is 0 Å². The fourth-order valence-electron chi connectivity index (χ4n) is 3.83. The zero-order valence-corrected chi connectivity index (χ0v) is 17.3. The Labute approximate surface area is 176 Å². The van der Waals surface area contributed by atoms with Gasteiger partial charge in [0.1, 0.15) is 11.5 Å². The van der Waals surface area contributed by atoms with Crippen molar-refractivity contribution in [2.45, 2.75) is 20.0 Å². The maximum atomic E-state index is 13.1. The van der Waals surface area contributed by atoms with Crippen LogP contribution < -0.4 is 14.4 Å².